The molecule has 1 aromatic carbocycles. The summed E-state index contributed by atoms with van der Waals surface area (Å²) in [6.07, 6.45) is 3.57. The first-order chi connectivity index (χ1) is 8.96. The molecule has 0 saturated heterocycles. The predicted octanol–water partition coefficient (Wildman–Crippen LogP) is 4.22. The molecule has 2 N–H and O–H groups in total. The Morgan fingerprint density at radius 3 is 2.79 bits per heavy atom. The SMILES string of the molecule is COc1ccc(Cl)cc1C1CC(C)(C)CCC1CN. The van der Waals surface area contributed by atoms with Crippen molar-refractivity contribution >= 4 is 11.6 Å². The van der Waals surface area contributed by atoms with Crippen LogP contribution in [0.1, 0.15) is 44.6 Å². The Kier molecular flexibility index (Phi) is 4.42. The summed E-state index contributed by atoms with van der Waals surface area (Å²) in [6, 6.07) is 5.90. The van der Waals surface area contributed by atoms with Crippen molar-refractivity contribution in [3.8, 4) is 5.75 Å². The van der Waals surface area contributed by atoms with E-state index < -0.39 is 0 Å². The van der Waals surface area contributed by atoms with E-state index in [4.69, 9.17) is 22.1 Å². The third-order valence-electron chi connectivity index (χ3n) is 4.43. The number of hydrogen-bond donors (Lipinski definition) is 1. The second-order valence-corrected chi connectivity index (χ2v) is 6.83. The maximum absolute atomic E-state index is 6.17. The van der Waals surface area contributed by atoms with Gasteiger partial charge in [-0.25, -0.2) is 0 Å². The van der Waals surface area contributed by atoms with E-state index in [1.54, 1.807) is 7.11 Å². The predicted molar refractivity (Wildman–Crippen MR) is 80.9 cm³/mol. The van der Waals surface area contributed by atoms with Gasteiger partial charge in [-0.3, -0.25) is 0 Å². The zero-order valence-electron chi connectivity index (χ0n) is 12.1. The molecule has 0 amide bonds. The third kappa shape index (κ3) is 3.24. The summed E-state index contributed by atoms with van der Waals surface area (Å²) >= 11 is 6.17. The summed E-state index contributed by atoms with van der Waals surface area (Å²) in [5.74, 6) is 1.91. The minimum absolute atomic E-state index is 0.365. The van der Waals surface area contributed by atoms with E-state index in [0.717, 1.165) is 23.7 Å². The molecule has 2 unspecified atom stereocenters. The van der Waals surface area contributed by atoms with Gasteiger partial charge in [-0.15, -0.1) is 0 Å². The fourth-order valence-electron chi connectivity index (χ4n) is 3.28. The molecule has 0 aliphatic heterocycles. The average Bonchev–Trinajstić information content (AvgIpc) is 2.37. The van der Waals surface area contributed by atoms with Crippen LogP contribution in [0.3, 0.4) is 0 Å². The number of benzene rings is 1. The van der Waals surface area contributed by atoms with E-state index in [9.17, 15) is 0 Å². The number of nitrogens with two attached hydrogens (primary N) is 1. The summed E-state index contributed by atoms with van der Waals surface area (Å²) in [6.45, 7) is 5.41. The van der Waals surface area contributed by atoms with Crippen molar-refractivity contribution in [2.75, 3.05) is 13.7 Å². The van der Waals surface area contributed by atoms with Crippen molar-refractivity contribution in [1.82, 2.24) is 0 Å². The van der Waals surface area contributed by atoms with E-state index in [-0.39, 0.29) is 0 Å². The Morgan fingerprint density at radius 1 is 1.42 bits per heavy atom. The molecule has 0 bridgehead atoms. The fraction of sp³-hybridized carbons (Fsp3) is 0.625. The molecule has 1 fully saturated rings. The summed E-state index contributed by atoms with van der Waals surface area (Å²) in [7, 11) is 1.72. The monoisotopic (exact) mass is 281 g/mol. The van der Waals surface area contributed by atoms with E-state index in [2.05, 4.69) is 19.9 Å². The lowest BCUT2D eigenvalue weighted by Gasteiger charge is -2.41. The van der Waals surface area contributed by atoms with Crippen molar-refractivity contribution in [3.63, 3.8) is 0 Å². The first kappa shape index (κ1) is 14.7. The van der Waals surface area contributed by atoms with Crippen molar-refractivity contribution in [1.29, 1.82) is 0 Å². The molecule has 2 atom stereocenters. The average molecular weight is 282 g/mol. The van der Waals surface area contributed by atoms with Gasteiger partial charge < -0.3 is 10.5 Å². The molecule has 2 nitrogen and oxygen atoms in total. The standard InChI is InChI=1S/C16H24ClNO/c1-16(2)7-6-11(10-18)14(9-16)13-8-12(17)4-5-15(13)19-3/h4-5,8,11,14H,6-7,9-10,18H2,1-3H3. The van der Waals surface area contributed by atoms with Gasteiger partial charge in [0, 0.05) is 5.02 Å². The molecule has 1 aromatic rings. The van der Waals surface area contributed by atoms with Crippen molar-refractivity contribution in [2.45, 2.75) is 39.0 Å². The number of ether oxygens (including phenoxy) is 1. The lowest BCUT2D eigenvalue weighted by atomic mass is 9.65. The molecule has 0 heterocycles. The molecular formula is C16H24ClNO. The lowest BCUT2D eigenvalue weighted by molar-refractivity contribution is 0.163. The zero-order chi connectivity index (χ0) is 14.0. The summed E-state index contributed by atoms with van der Waals surface area (Å²) in [5.41, 5.74) is 7.56. The van der Waals surface area contributed by atoms with Gasteiger partial charge in [0.2, 0.25) is 0 Å². The molecule has 0 aromatic heterocycles. The van der Waals surface area contributed by atoms with E-state index in [1.807, 2.05) is 12.1 Å². The minimum Gasteiger partial charge on any atom is -0.496 e. The molecule has 1 aliphatic carbocycles. The Labute approximate surface area is 121 Å². The van der Waals surface area contributed by atoms with Gasteiger partial charge in [-0.05, 0) is 66.8 Å². The summed E-state index contributed by atoms with van der Waals surface area (Å²) in [5, 5.41) is 0.773. The quantitative estimate of drug-likeness (QED) is 0.900. The van der Waals surface area contributed by atoms with E-state index in [0.29, 0.717) is 17.3 Å². The summed E-state index contributed by atoms with van der Waals surface area (Å²) < 4.78 is 5.52. The van der Waals surface area contributed by atoms with Gasteiger partial charge in [0.25, 0.3) is 0 Å². The van der Waals surface area contributed by atoms with Crippen molar-refractivity contribution in [3.05, 3.63) is 28.8 Å². The second kappa shape index (κ2) is 5.72. The van der Waals surface area contributed by atoms with Crippen LogP contribution in [0.25, 0.3) is 0 Å². The highest BCUT2D eigenvalue weighted by molar-refractivity contribution is 6.30. The molecule has 0 radical (unpaired) electrons. The number of methoxy groups -OCH3 is 1. The maximum atomic E-state index is 6.17. The van der Waals surface area contributed by atoms with Crippen LogP contribution in [0.2, 0.25) is 5.02 Å². The number of hydrogen-bond acceptors (Lipinski definition) is 2. The molecule has 1 aliphatic rings. The van der Waals surface area contributed by atoms with Gasteiger partial charge >= 0.3 is 0 Å². The fourth-order valence-corrected chi connectivity index (χ4v) is 3.46. The number of halogens is 1. The third-order valence-corrected chi connectivity index (χ3v) is 4.66. The number of rotatable bonds is 3. The Hall–Kier alpha value is -0.730. The highest BCUT2D eigenvalue weighted by Gasteiger charge is 2.36. The maximum Gasteiger partial charge on any atom is 0.122 e. The van der Waals surface area contributed by atoms with Gasteiger partial charge in [0.05, 0.1) is 7.11 Å². The Morgan fingerprint density at radius 2 is 2.16 bits per heavy atom. The van der Waals surface area contributed by atoms with Gasteiger partial charge in [-0.2, -0.15) is 0 Å². The summed E-state index contributed by atoms with van der Waals surface area (Å²) in [4.78, 5) is 0. The van der Waals surface area contributed by atoms with Crippen LogP contribution >= 0.6 is 11.6 Å². The largest absolute Gasteiger partial charge is 0.496 e. The van der Waals surface area contributed by atoms with Gasteiger partial charge in [0.15, 0.2) is 0 Å². The first-order valence-electron chi connectivity index (χ1n) is 7.00. The van der Waals surface area contributed by atoms with Gasteiger partial charge in [-0.1, -0.05) is 25.4 Å². The van der Waals surface area contributed by atoms with Crippen LogP contribution in [0.4, 0.5) is 0 Å². The van der Waals surface area contributed by atoms with Crippen molar-refractivity contribution < 1.29 is 4.74 Å². The zero-order valence-corrected chi connectivity index (χ0v) is 12.8. The molecule has 106 valence electrons. The Balaban J connectivity index is 2.38. The smallest absolute Gasteiger partial charge is 0.122 e. The van der Waals surface area contributed by atoms with Crippen LogP contribution < -0.4 is 10.5 Å². The topological polar surface area (TPSA) is 35.2 Å². The molecule has 0 spiro atoms. The van der Waals surface area contributed by atoms with Crippen LogP contribution in [-0.4, -0.2) is 13.7 Å². The van der Waals surface area contributed by atoms with Crippen LogP contribution in [0.15, 0.2) is 18.2 Å². The molecule has 2 rings (SSSR count). The molecule has 1 saturated carbocycles. The van der Waals surface area contributed by atoms with E-state index in [1.165, 1.54) is 18.4 Å². The highest BCUT2D eigenvalue weighted by atomic mass is 35.5. The van der Waals surface area contributed by atoms with Crippen molar-refractivity contribution in [2.24, 2.45) is 17.1 Å². The Bertz CT molecular complexity index is 444. The molecule has 3 heteroatoms. The van der Waals surface area contributed by atoms with E-state index >= 15 is 0 Å². The molecule has 19 heavy (non-hydrogen) atoms. The first-order valence-corrected chi connectivity index (χ1v) is 7.38. The second-order valence-electron chi connectivity index (χ2n) is 6.40. The van der Waals surface area contributed by atoms with Gasteiger partial charge in [0.1, 0.15) is 5.75 Å². The normalized spacial score (nSPS) is 26.2. The van der Waals surface area contributed by atoms with Crippen LogP contribution in [-0.2, 0) is 0 Å². The molecular weight excluding hydrogens is 258 g/mol. The minimum atomic E-state index is 0.365. The lowest BCUT2D eigenvalue weighted by Crippen LogP contribution is -2.32. The van der Waals surface area contributed by atoms with Crippen LogP contribution in [0.5, 0.6) is 5.75 Å². The van der Waals surface area contributed by atoms with Crippen LogP contribution in [0, 0.1) is 11.3 Å². The highest BCUT2D eigenvalue weighted by Crippen LogP contribution is 2.48.